The van der Waals surface area contributed by atoms with Crippen LogP contribution in [0.25, 0.3) is 0 Å². The Morgan fingerprint density at radius 1 is 0.929 bits per heavy atom. The van der Waals surface area contributed by atoms with E-state index < -0.39 is 35.6 Å². The molecular weight excluding hydrogens is 530 g/mol. The van der Waals surface area contributed by atoms with E-state index in [1.807, 2.05) is 61.5 Å². The third-order valence-corrected chi connectivity index (χ3v) is 6.50. The molecule has 0 spiro atoms. The molecule has 3 rings (SSSR count). The maximum absolute atomic E-state index is 14.3. The Balaban J connectivity index is 2.02. The average Bonchev–Trinajstić information content (AvgIpc) is 2.96. The fourth-order valence-corrected chi connectivity index (χ4v) is 4.46. The van der Waals surface area contributed by atoms with Gasteiger partial charge in [0.2, 0.25) is 5.91 Å². The Labute approximate surface area is 248 Å². The summed E-state index contributed by atoms with van der Waals surface area (Å²) in [5.74, 6) is -0.199. The largest absolute Gasteiger partial charge is 0.497 e. The van der Waals surface area contributed by atoms with Gasteiger partial charge in [-0.1, -0.05) is 67.6 Å². The van der Waals surface area contributed by atoms with Crippen molar-refractivity contribution in [2.24, 2.45) is 0 Å². The number of anilines is 1. The summed E-state index contributed by atoms with van der Waals surface area (Å²) in [6, 6.07) is 21.9. The zero-order valence-electron chi connectivity index (χ0n) is 25.1. The Morgan fingerprint density at radius 3 is 2.12 bits per heavy atom. The van der Waals surface area contributed by atoms with Gasteiger partial charge in [-0.2, -0.15) is 0 Å². The van der Waals surface area contributed by atoms with Gasteiger partial charge in [0.25, 0.3) is 5.91 Å². The molecule has 0 heterocycles. The molecule has 2 unspecified atom stereocenters. The van der Waals surface area contributed by atoms with E-state index in [1.54, 1.807) is 58.2 Å². The first kappa shape index (κ1) is 31.9. The number of amides is 3. The number of carbonyl (C=O) groups is 3. The fourth-order valence-electron chi connectivity index (χ4n) is 4.46. The molecule has 222 valence electrons. The molecular formula is C34H41N3O5. The van der Waals surface area contributed by atoms with E-state index in [0.29, 0.717) is 17.0 Å². The van der Waals surface area contributed by atoms with Crippen LogP contribution in [0.1, 0.15) is 50.4 Å². The standard InChI is InChI=1S/C34H41N3O5/c1-7-22-37(32(39)29(23-25-12-10-9-11-13-25)36-33(40)42-34(3,4)5)30(26-16-14-24(8-2)15-17-26)31(38)35-27-18-20-28(41-6)21-19-27/h7,9-21,29-30H,1,8,22-23H2,2-6H3,(H,35,38)(H,36,40). The molecule has 0 aliphatic rings. The maximum Gasteiger partial charge on any atom is 0.408 e. The molecule has 8 nitrogen and oxygen atoms in total. The van der Waals surface area contributed by atoms with Crippen molar-refractivity contribution in [3.8, 4) is 5.75 Å². The van der Waals surface area contributed by atoms with Gasteiger partial charge >= 0.3 is 6.09 Å². The number of nitrogens with zero attached hydrogens (tertiary/aromatic N) is 1. The molecule has 3 amide bonds. The van der Waals surface area contributed by atoms with Gasteiger partial charge in [-0.05, 0) is 68.1 Å². The van der Waals surface area contributed by atoms with E-state index in [9.17, 15) is 14.4 Å². The molecule has 42 heavy (non-hydrogen) atoms. The third-order valence-electron chi connectivity index (χ3n) is 6.50. The molecule has 0 aromatic heterocycles. The number of benzene rings is 3. The van der Waals surface area contributed by atoms with Crippen LogP contribution in [0.15, 0.2) is 91.5 Å². The van der Waals surface area contributed by atoms with Crippen molar-refractivity contribution in [3.05, 3.63) is 108 Å². The highest BCUT2D eigenvalue weighted by Gasteiger charge is 2.36. The monoisotopic (exact) mass is 571 g/mol. The third kappa shape index (κ3) is 9.23. The second-order valence-electron chi connectivity index (χ2n) is 10.9. The van der Waals surface area contributed by atoms with Crippen LogP contribution < -0.4 is 15.4 Å². The molecule has 0 aliphatic carbocycles. The van der Waals surface area contributed by atoms with Crippen LogP contribution in [-0.2, 0) is 27.2 Å². The molecule has 8 heteroatoms. The first-order chi connectivity index (χ1) is 20.0. The predicted octanol–water partition coefficient (Wildman–Crippen LogP) is 6.09. The molecule has 3 aromatic carbocycles. The number of alkyl carbamates (subject to hydrolysis) is 1. The minimum Gasteiger partial charge on any atom is -0.497 e. The van der Waals surface area contributed by atoms with Crippen molar-refractivity contribution < 1.29 is 23.9 Å². The first-order valence-corrected chi connectivity index (χ1v) is 14.0. The van der Waals surface area contributed by atoms with E-state index in [-0.39, 0.29) is 13.0 Å². The van der Waals surface area contributed by atoms with E-state index >= 15 is 0 Å². The van der Waals surface area contributed by atoms with Crippen molar-refractivity contribution >= 4 is 23.6 Å². The lowest BCUT2D eigenvalue weighted by Gasteiger charge is -2.34. The van der Waals surface area contributed by atoms with E-state index in [0.717, 1.165) is 17.5 Å². The Morgan fingerprint density at radius 2 is 1.57 bits per heavy atom. The summed E-state index contributed by atoms with van der Waals surface area (Å²) >= 11 is 0. The molecule has 0 saturated carbocycles. The van der Waals surface area contributed by atoms with Crippen LogP contribution in [0.5, 0.6) is 5.75 Å². The zero-order chi connectivity index (χ0) is 30.7. The highest BCUT2D eigenvalue weighted by atomic mass is 16.6. The molecule has 2 N–H and O–H groups in total. The summed E-state index contributed by atoms with van der Waals surface area (Å²) in [6.45, 7) is 11.2. The number of rotatable bonds is 12. The van der Waals surface area contributed by atoms with Gasteiger partial charge in [-0.25, -0.2) is 4.79 Å². The molecule has 0 aliphatic heterocycles. The van der Waals surface area contributed by atoms with Gasteiger partial charge in [0, 0.05) is 18.7 Å². The molecule has 0 saturated heterocycles. The summed E-state index contributed by atoms with van der Waals surface area (Å²) in [6.07, 6.45) is 1.88. The van der Waals surface area contributed by atoms with Crippen molar-refractivity contribution in [2.75, 3.05) is 19.0 Å². The molecule has 3 aromatic rings. The van der Waals surface area contributed by atoms with Crippen molar-refractivity contribution in [2.45, 2.75) is 58.2 Å². The number of hydrogen-bond donors (Lipinski definition) is 2. The fraction of sp³-hybridized carbons (Fsp3) is 0.324. The number of carbonyl (C=O) groups excluding carboxylic acids is 3. The lowest BCUT2D eigenvalue weighted by molar-refractivity contribution is -0.140. The number of methoxy groups -OCH3 is 1. The molecule has 0 fully saturated rings. The van der Waals surface area contributed by atoms with Crippen LogP contribution in [0.3, 0.4) is 0 Å². The van der Waals surface area contributed by atoms with E-state index in [2.05, 4.69) is 17.2 Å². The van der Waals surface area contributed by atoms with E-state index in [1.165, 1.54) is 4.90 Å². The van der Waals surface area contributed by atoms with Crippen LogP contribution >= 0.6 is 0 Å². The maximum atomic E-state index is 14.3. The second-order valence-corrected chi connectivity index (χ2v) is 10.9. The van der Waals surface area contributed by atoms with Crippen molar-refractivity contribution in [1.29, 1.82) is 0 Å². The summed E-state index contributed by atoms with van der Waals surface area (Å²) in [5.41, 5.74) is 2.37. The average molecular weight is 572 g/mol. The summed E-state index contributed by atoms with van der Waals surface area (Å²) in [5, 5.41) is 5.69. The topological polar surface area (TPSA) is 97.0 Å². The predicted molar refractivity (Wildman–Crippen MR) is 165 cm³/mol. The highest BCUT2D eigenvalue weighted by Crippen LogP contribution is 2.26. The Bertz CT molecular complexity index is 1330. The Kier molecular flexibility index (Phi) is 11.3. The second kappa shape index (κ2) is 14.9. The number of ether oxygens (including phenoxy) is 2. The van der Waals surface area contributed by atoms with Crippen LogP contribution in [0.4, 0.5) is 10.5 Å². The minimum absolute atomic E-state index is 0.0658. The minimum atomic E-state index is -1.01. The SMILES string of the molecule is C=CCN(C(=O)C(Cc1ccccc1)NC(=O)OC(C)(C)C)C(C(=O)Nc1ccc(OC)cc1)c1ccc(CC)cc1. The van der Waals surface area contributed by atoms with E-state index in [4.69, 9.17) is 9.47 Å². The quantitative estimate of drug-likeness (QED) is 0.257. The molecule has 0 bridgehead atoms. The van der Waals surface area contributed by atoms with Gasteiger partial charge in [-0.3, -0.25) is 9.59 Å². The van der Waals surface area contributed by atoms with Gasteiger partial charge in [0.05, 0.1) is 7.11 Å². The normalized spacial score (nSPS) is 12.4. The summed E-state index contributed by atoms with van der Waals surface area (Å²) in [4.78, 5) is 42.6. The van der Waals surface area contributed by atoms with Gasteiger partial charge in [0.15, 0.2) is 0 Å². The van der Waals surface area contributed by atoms with Crippen LogP contribution in [0, 0.1) is 0 Å². The first-order valence-electron chi connectivity index (χ1n) is 14.0. The van der Waals surface area contributed by atoms with Gasteiger partial charge in [0.1, 0.15) is 23.4 Å². The van der Waals surface area contributed by atoms with Gasteiger partial charge in [-0.15, -0.1) is 6.58 Å². The van der Waals surface area contributed by atoms with Crippen molar-refractivity contribution in [1.82, 2.24) is 10.2 Å². The number of nitrogens with one attached hydrogen (secondary N) is 2. The highest BCUT2D eigenvalue weighted by molar-refractivity contribution is 5.99. The number of aryl methyl sites for hydroxylation is 1. The summed E-state index contributed by atoms with van der Waals surface area (Å²) in [7, 11) is 1.57. The summed E-state index contributed by atoms with van der Waals surface area (Å²) < 4.78 is 10.7. The van der Waals surface area contributed by atoms with Crippen molar-refractivity contribution in [3.63, 3.8) is 0 Å². The zero-order valence-corrected chi connectivity index (χ0v) is 25.1. The molecule has 0 radical (unpaired) electrons. The Hall–Kier alpha value is -4.59. The van der Waals surface area contributed by atoms with Gasteiger partial charge < -0.3 is 25.0 Å². The van der Waals surface area contributed by atoms with Crippen LogP contribution in [-0.4, -0.2) is 48.1 Å². The smallest absolute Gasteiger partial charge is 0.408 e. The molecule has 2 atom stereocenters. The lowest BCUT2D eigenvalue weighted by atomic mass is 9.99. The lowest BCUT2D eigenvalue weighted by Crippen LogP contribution is -2.53. The van der Waals surface area contributed by atoms with Crippen LogP contribution in [0.2, 0.25) is 0 Å². The number of hydrogen-bond acceptors (Lipinski definition) is 5.